The van der Waals surface area contributed by atoms with Gasteiger partial charge in [-0.15, -0.1) is 0 Å². The van der Waals surface area contributed by atoms with Gasteiger partial charge in [-0.05, 0) is 18.1 Å². The zero-order valence-electron chi connectivity index (χ0n) is 11.1. The smallest absolute Gasteiger partial charge is 0.264 e. The van der Waals surface area contributed by atoms with Gasteiger partial charge in [-0.3, -0.25) is 9.78 Å². The van der Waals surface area contributed by atoms with Gasteiger partial charge in [0.15, 0.2) is 0 Å². The van der Waals surface area contributed by atoms with Crippen molar-refractivity contribution in [3.63, 3.8) is 0 Å². The van der Waals surface area contributed by atoms with Crippen LogP contribution in [0.1, 0.15) is 25.5 Å². The lowest BCUT2D eigenvalue weighted by molar-refractivity contribution is 0.600. The topological polar surface area (TPSA) is 91.9 Å². The quantitative estimate of drug-likeness (QED) is 0.897. The molecule has 1 aromatic carbocycles. The monoisotopic (exact) mass is 293 g/mol. The van der Waals surface area contributed by atoms with Crippen molar-refractivity contribution >= 4 is 16.0 Å². The molecule has 0 amide bonds. The maximum Gasteiger partial charge on any atom is 0.264 e. The predicted molar refractivity (Wildman–Crippen MR) is 76.2 cm³/mol. The number of benzene rings is 1. The summed E-state index contributed by atoms with van der Waals surface area (Å²) in [7, 11) is -3.76. The van der Waals surface area contributed by atoms with Gasteiger partial charge in [0.2, 0.25) is 5.95 Å². The number of aromatic nitrogens is 2. The third-order valence-corrected chi connectivity index (χ3v) is 3.99. The molecule has 20 heavy (non-hydrogen) atoms. The van der Waals surface area contributed by atoms with Crippen molar-refractivity contribution in [1.82, 2.24) is 9.97 Å². The minimum absolute atomic E-state index is 0.0253. The second-order valence-electron chi connectivity index (χ2n) is 4.59. The lowest BCUT2D eigenvalue weighted by Crippen LogP contribution is -2.19. The number of sulfonamides is 1. The number of anilines is 1. The highest BCUT2D eigenvalue weighted by Crippen LogP contribution is 2.14. The Morgan fingerprint density at radius 2 is 1.85 bits per heavy atom. The lowest BCUT2D eigenvalue weighted by Gasteiger charge is -2.09. The van der Waals surface area contributed by atoms with Crippen LogP contribution in [0.4, 0.5) is 5.95 Å². The summed E-state index contributed by atoms with van der Waals surface area (Å²) in [6, 6.07) is 9.24. The Labute approximate surface area is 116 Å². The van der Waals surface area contributed by atoms with E-state index in [-0.39, 0.29) is 16.8 Å². The van der Waals surface area contributed by atoms with E-state index in [1.807, 2.05) is 13.8 Å². The molecule has 7 heteroatoms. The van der Waals surface area contributed by atoms with E-state index >= 15 is 0 Å². The van der Waals surface area contributed by atoms with Crippen molar-refractivity contribution < 1.29 is 8.42 Å². The summed E-state index contributed by atoms with van der Waals surface area (Å²) in [6.45, 7) is 3.74. The number of H-pyrrole nitrogens is 1. The van der Waals surface area contributed by atoms with Crippen LogP contribution in [0.25, 0.3) is 0 Å². The second kappa shape index (κ2) is 5.46. The van der Waals surface area contributed by atoms with Crippen LogP contribution in [0.5, 0.6) is 0 Å². The van der Waals surface area contributed by atoms with Crippen molar-refractivity contribution in [2.24, 2.45) is 0 Å². The maximum absolute atomic E-state index is 12.1. The lowest BCUT2D eigenvalue weighted by atomic mass is 10.1. The third kappa shape index (κ3) is 3.24. The van der Waals surface area contributed by atoms with Crippen molar-refractivity contribution in [2.75, 3.05) is 4.72 Å². The fourth-order valence-corrected chi connectivity index (χ4v) is 2.59. The highest BCUT2D eigenvalue weighted by molar-refractivity contribution is 7.92. The van der Waals surface area contributed by atoms with Gasteiger partial charge in [-0.2, -0.15) is 0 Å². The first kappa shape index (κ1) is 14.3. The predicted octanol–water partition coefficient (Wildman–Crippen LogP) is 1.69. The molecule has 1 heterocycles. The first-order valence-electron chi connectivity index (χ1n) is 6.07. The summed E-state index contributed by atoms with van der Waals surface area (Å²) in [4.78, 5) is 18.1. The van der Waals surface area contributed by atoms with E-state index in [1.165, 1.54) is 18.2 Å². The minimum Gasteiger partial charge on any atom is -0.292 e. The van der Waals surface area contributed by atoms with Crippen LogP contribution >= 0.6 is 0 Å². The molecule has 0 aliphatic heterocycles. The number of rotatable bonds is 4. The average Bonchev–Trinajstić information content (AvgIpc) is 2.38. The van der Waals surface area contributed by atoms with E-state index in [0.29, 0.717) is 5.69 Å². The molecule has 0 radical (unpaired) electrons. The molecule has 0 aliphatic carbocycles. The summed E-state index contributed by atoms with van der Waals surface area (Å²) >= 11 is 0. The van der Waals surface area contributed by atoms with Crippen LogP contribution in [-0.2, 0) is 10.0 Å². The number of hydrogen-bond donors (Lipinski definition) is 2. The SMILES string of the molecule is CC(C)c1cc(=O)[nH]c(NS(=O)(=O)c2ccccc2)n1. The van der Waals surface area contributed by atoms with Gasteiger partial charge in [0.1, 0.15) is 0 Å². The van der Waals surface area contributed by atoms with E-state index < -0.39 is 15.6 Å². The Bertz CT molecular complexity index is 752. The van der Waals surface area contributed by atoms with Crippen molar-refractivity contribution in [2.45, 2.75) is 24.7 Å². The summed E-state index contributed by atoms with van der Waals surface area (Å²) in [6.07, 6.45) is 0. The van der Waals surface area contributed by atoms with E-state index in [9.17, 15) is 13.2 Å². The molecular formula is C13H15N3O3S. The van der Waals surface area contributed by atoms with E-state index in [4.69, 9.17) is 0 Å². The van der Waals surface area contributed by atoms with Crippen LogP contribution in [-0.4, -0.2) is 18.4 Å². The molecule has 2 rings (SSSR count). The third-order valence-electron chi connectivity index (χ3n) is 2.64. The summed E-state index contributed by atoms with van der Waals surface area (Å²) in [5, 5.41) is 0. The second-order valence-corrected chi connectivity index (χ2v) is 6.27. The molecule has 2 aromatic rings. The molecule has 6 nitrogen and oxygen atoms in total. The Morgan fingerprint density at radius 1 is 1.20 bits per heavy atom. The highest BCUT2D eigenvalue weighted by Gasteiger charge is 2.15. The molecule has 0 saturated heterocycles. The summed E-state index contributed by atoms with van der Waals surface area (Å²) in [5.41, 5.74) is 0.133. The number of aromatic amines is 1. The van der Waals surface area contributed by atoms with E-state index in [1.54, 1.807) is 18.2 Å². The van der Waals surface area contributed by atoms with Gasteiger partial charge in [0.05, 0.1) is 10.6 Å². The van der Waals surface area contributed by atoms with E-state index in [0.717, 1.165) is 0 Å². The molecule has 0 fully saturated rings. The van der Waals surface area contributed by atoms with Crippen LogP contribution in [0.3, 0.4) is 0 Å². The molecule has 1 aromatic heterocycles. The van der Waals surface area contributed by atoms with Crippen LogP contribution in [0, 0.1) is 0 Å². The Balaban J connectivity index is 2.37. The number of nitrogens with one attached hydrogen (secondary N) is 2. The molecule has 106 valence electrons. The maximum atomic E-state index is 12.1. The highest BCUT2D eigenvalue weighted by atomic mass is 32.2. The number of hydrogen-bond acceptors (Lipinski definition) is 4. The summed E-state index contributed by atoms with van der Waals surface area (Å²) < 4.78 is 26.5. The van der Waals surface area contributed by atoms with E-state index in [2.05, 4.69) is 14.7 Å². The van der Waals surface area contributed by atoms with Gasteiger partial charge >= 0.3 is 0 Å². The molecule has 0 unspecified atom stereocenters. The van der Waals surface area contributed by atoms with Gasteiger partial charge in [0.25, 0.3) is 15.6 Å². The van der Waals surface area contributed by atoms with Crippen LogP contribution < -0.4 is 10.3 Å². The first-order chi connectivity index (χ1) is 9.38. The Kier molecular flexibility index (Phi) is 3.89. The molecule has 0 atom stereocenters. The fourth-order valence-electron chi connectivity index (χ4n) is 1.61. The first-order valence-corrected chi connectivity index (χ1v) is 7.56. The standard InChI is InChI=1S/C13H15N3O3S/c1-9(2)11-8-12(17)15-13(14-11)16-20(18,19)10-6-4-3-5-7-10/h3-9H,1-2H3,(H2,14,15,16,17). The molecule has 0 bridgehead atoms. The Morgan fingerprint density at radius 3 is 2.45 bits per heavy atom. The molecule has 0 spiro atoms. The van der Waals surface area contributed by atoms with Crippen molar-refractivity contribution in [3.8, 4) is 0 Å². The van der Waals surface area contributed by atoms with Crippen molar-refractivity contribution in [3.05, 3.63) is 52.4 Å². The fraction of sp³-hybridized carbons (Fsp3) is 0.231. The van der Waals surface area contributed by atoms with Gasteiger partial charge in [0, 0.05) is 6.07 Å². The average molecular weight is 293 g/mol. The van der Waals surface area contributed by atoms with Gasteiger partial charge in [-0.25, -0.2) is 18.1 Å². The zero-order chi connectivity index (χ0) is 14.8. The van der Waals surface area contributed by atoms with Gasteiger partial charge in [-0.1, -0.05) is 32.0 Å². The molecule has 0 aliphatic rings. The summed E-state index contributed by atoms with van der Waals surface area (Å²) in [5.74, 6) is -0.0534. The molecule has 0 saturated carbocycles. The normalized spacial score (nSPS) is 11.6. The zero-order valence-corrected chi connectivity index (χ0v) is 11.9. The molecule has 2 N–H and O–H groups in total. The largest absolute Gasteiger partial charge is 0.292 e. The van der Waals surface area contributed by atoms with Crippen molar-refractivity contribution in [1.29, 1.82) is 0 Å². The Hall–Kier alpha value is -2.15. The van der Waals surface area contributed by atoms with Gasteiger partial charge < -0.3 is 0 Å². The minimum atomic E-state index is -3.76. The number of nitrogens with zero attached hydrogens (tertiary/aromatic N) is 1. The van der Waals surface area contributed by atoms with Crippen LogP contribution in [0.2, 0.25) is 0 Å². The molecular weight excluding hydrogens is 278 g/mol. The van der Waals surface area contributed by atoms with Crippen LogP contribution in [0.15, 0.2) is 46.1 Å².